The standard InChI is InChI=1S/C14H21N3O2/c1-10(14(15)19)7-8-13(18)16-11-5-4-6-12(9-11)17(2)3/h4-6,9-10H,7-8H2,1-3H3,(H2,15,19)(H,16,18)/t10-/m0/s1. The van der Waals surface area contributed by atoms with E-state index < -0.39 is 0 Å². The molecule has 0 unspecified atom stereocenters. The monoisotopic (exact) mass is 263 g/mol. The van der Waals surface area contributed by atoms with E-state index >= 15 is 0 Å². The lowest BCUT2D eigenvalue weighted by molar-refractivity contribution is -0.121. The second kappa shape index (κ2) is 6.78. The molecule has 0 aliphatic rings. The van der Waals surface area contributed by atoms with Crippen LogP contribution in [0.4, 0.5) is 11.4 Å². The van der Waals surface area contributed by atoms with Gasteiger partial charge in [-0.15, -0.1) is 0 Å². The third-order valence-electron chi connectivity index (χ3n) is 2.94. The maximum Gasteiger partial charge on any atom is 0.224 e. The van der Waals surface area contributed by atoms with Crippen LogP contribution < -0.4 is 16.0 Å². The van der Waals surface area contributed by atoms with Gasteiger partial charge in [-0.1, -0.05) is 13.0 Å². The van der Waals surface area contributed by atoms with Crippen LogP contribution in [-0.4, -0.2) is 25.9 Å². The Bertz CT molecular complexity index is 458. The number of amides is 2. The van der Waals surface area contributed by atoms with Crippen molar-refractivity contribution < 1.29 is 9.59 Å². The zero-order valence-electron chi connectivity index (χ0n) is 11.6. The molecular formula is C14H21N3O2. The number of anilines is 2. The van der Waals surface area contributed by atoms with Crippen molar-refractivity contribution in [2.75, 3.05) is 24.3 Å². The molecule has 0 bridgehead atoms. The molecule has 0 aliphatic heterocycles. The van der Waals surface area contributed by atoms with Crippen molar-refractivity contribution in [1.29, 1.82) is 0 Å². The lowest BCUT2D eigenvalue weighted by atomic mass is 10.1. The molecule has 5 heteroatoms. The average molecular weight is 263 g/mol. The Labute approximate surface area is 113 Å². The van der Waals surface area contributed by atoms with Crippen molar-refractivity contribution in [2.45, 2.75) is 19.8 Å². The number of hydrogen-bond donors (Lipinski definition) is 2. The molecule has 2 amide bonds. The summed E-state index contributed by atoms with van der Waals surface area (Å²) in [6.45, 7) is 1.72. The van der Waals surface area contributed by atoms with Gasteiger partial charge in [0.05, 0.1) is 0 Å². The van der Waals surface area contributed by atoms with Gasteiger partial charge in [-0.25, -0.2) is 0 Å². The fourth-order valence-electron chi connectivity index (χ4n) is 1.58. The summed E-state index contributed by atoms with van der Waals surface area (Å²) in [7, 11) is 3.88. The van der Waals surface area contributed by atoms with Gasteiger partial charge in [-0.2, -0.15) is 0 Å². The maximum atomic E-state index is 11.7. The number of rotatable bonds is 6. The molecule has 0 radical (unpaired) electrons. The van der Waals surface area contributed by atoms with E-state index in [0.29, 0.717) is 6.42 Å². The van der Waals surface area contributed by atoms with E-state index in [1.807, 2.05) is 43.3 Å². The summed E-state index contributed by atoms with van der Waals surface area (Å²) in [4.78, 5) is 24.6. The number of nitrogens with zero attached hydrogens (tertiary/aromatic N) is 1. The Morgan fingerprint density at radius 2 is 2.05 bits per heavy atom. The Hall–Kier alpha value is -2.04. The molecule has 0 aromatic heterocycles. The Morgan fingerprint density at radius 1 is 1.37 bits per heavy atom. The van der Waals surface area contributed by atoms with Crippen LogP contribution in [-0.2, 0) is 9.59 Å². The van der Waals surface area contributed by atoms with Gasteiger partial charge >= 0.3 is 0 Å². The van der Waals surface area contributed by atoms with E-state index in [2.05, 4.69) is 5.32 Å². The second-order valence-electron chi connectivity index (χ2n) is 4.84. The van der Waals surface area contributed by atoms with Gasteiger partial charge in [0.1, 0.15) is 0 Å². The molecule has 1 atom stereocenters. The molecule has 3 N–H and O–H groups in total. The summed E-state index contributed by atoms with van der Waals surface area (Å²) >= 11 is 0. The molecule has 19 heavy (non-hydrogen) atoms. The van der Waals surface area contributed by atoms with E-state index in [-0.39, 0.29) is 24.2 Å². The second-order valence-corrected chi connectivity index (χ2v) is 4.84. The molecule has 5 nitrogen and oxygen atoms in total. The molecule has 0 saturated heterocycles. The fraction of sp³-hybridized carbons (Fsp3) is 0.429. The van der Waals surface area contributed by atoms with Crippen LogP contribution in [0.1, 0.15) is 19.8 Å². The van der Waals surface area contributed by atoms with E-state index in [1.165, 1.54) is 0 Å². The van der Waals surface area contributed by atoms with E-state index in [9.17, 15) is 9.59 Å². The first-order chi connectivity index (χ1) is 8.90. The summed E-state index contributed by atoms with van der Waals surface area (Å²) in [6, 6.07) is 7.58. The molecule has 0 saturated carbocycles. The van der Waals surface area contributed by atoms with Crippen molar-refractivity contribution >= 4 is 23.2 Å². The number of benzene rings is 1. The van der Waals surface area contributed by atoms with Crippen molar-refractivity contribution in [3.63, 3.8) is 0 Å². The predicted octanol–water partition coefficient (Wildman–Crippen LogP) is 1.59. The van der Waals surface area contributed by atoms with Crippen LogP contribution in [0, 0.1) is 5.92 Å². The van der Waals surface area contributed by atoms with Crippen LogP contribution in [0.25, 0.3) is 0 Å². The number of carbonyl (C=O) groups excluding carboxylic acids is 2. The molecule has 0 spiro atoms. The van der Waals surface area contributed by atoms with E-state index in [4.69, 9.17) is 5.73 Å². The first kappa shape index (κ1) is 15.0. The molecule has 0 heterocycles. The highest BCUT2D eigenvalue weighted by atomic mass is 16.2. The fourth-order valence-corrected chi connectivity index (χ4v) is 1.58. The topological polar surface area (TPSA) is 75.4 Å². The molecule has 1 rings (SSSR count). The first-order valence-corrected chi connectivity index (χ1v) is 6.26. The van der Waals surface area contributed by atoms with Crippen molar-refractivity contribution in [2.24, 2.45) is 11.7 Å². The van der Waals surface area contributed by atoms with Crippen molar-refractivity contribution in [1.82, 2.24) is 0 Å². The zero-order chi connectivity index (χ0) is 14.4. The largest absolute Gasteiger partial charge is 0.378 e. The van der Waals surface area contributed by atoms with Crippen LogP contribution in [0.5, 0.6) is 0 Å². The lowest BCUT2D eigenvalue weighted by Crippen LogP contribution is -2.22. The molecule has 1 aromatic rings. The SMILES string of the molecule is C[C@@H](CCC(=O)Nc1cccc(N(C)C)c1)C(N)=O. The maximum absolute atomic E-state index is 11.7. The summed E-state index contributed by atoms with van der Waals surface area (Å²) in [5.74, 6) is -0.759. The number of hydrogen-bond acceptors (Lipinski definition) is 3. The summed E-state index contributed by atoms with van der Waals surface area (Å²) in [5, 5.41) is 2.81. The first-order valence-electron chi connectivity index (χ1n) is 6.26. The lowest BCUT2D eigenvalue weighted by Gasteiger charge is -2.14. The average Bonchev–Trinajstić information content (AvgIpc) is 2.36. The highest BCUT2D eigenvalue weighted by molar-refractivity contribution is 5.91. The van der Waals surface area contributed by atoms with Crippen LogP contribution in [0.15, 0.2) is 24.3 Å². The van der Waals surface area contributed by atoms with Crippen LogP contribution in [0.3, 0.4) is 0 Å². The van der Waals surface area contributed by atoms with Gasteiger partial charge in [-0.3, -0.25) is 9.59 Å². The number of primary amides is 1. The normalized spacial score (nSPS) is 11.7. The Kier molecular flexibility index (Phi) is 5.36. The van der Waals surface area contributed by atoms with E-state index in [0.717, 1.165) is 11.4 Å². The summed E-state index contributed by atoms with van der Waals surface area (Å²) < 4.78 is 0. The van der Waals surface area contributed by atoms with Crippen LogP contribution in [0.2, 0.25) is 0 Å². The Balaban J connectivity index is 2.53. The molecule has 1 aromatic carbocycles. The van der Waals surface area contributed by atoms with Gasteiger partial charge in [-0.05, 0) is 24.6 Å². The zero-order valence-corrected chi connectivity index (χ0v) is 11.6. The van der Waals surface area contributed by atoms with Gasteiger partial charge in [0.25, 0.3) is 0 Å². The number of nitrogens with two attached hydrogens (primary N) is 1. The molecule has 0 aliphatic carbocycles. The highest BCUT2D eigenvalue weighted by Gasteiger charge is 2.11. The number of nitrogens with one attached hydrogen (secondary N) is 1. The third-order valence-corrected chi connectivity index (χ3v) is 2.94. The molecular weight excluding hydrogens is 242 g/mol. The quantitative estimate of drug-likeness (QED) is 0.818. The van der Waals surface area contributed by atoms with Crippen LogP contribution >= 0.6 is 0 Å². The van der Waals surface area contributed by atoms with Crippen molar-refractivity contribution in [3.8, 4) is 0 Å². The summed E-state index contributed by atoms with van der Waals surface area (Å²) in [6.07, 6.45) is 0.755. The number of carbonyl (C=O) groups is 2. The molecule has 0 fully saturated rings. The Morgan fingerprint density at radius 3 is 2.63 bits per heavy atom. The smallest absolute Gasteiger partial charge is 0.224 e. The van der Waals surface area contributed by atoms with E-state index in [1.54, 1.807) is 6.92 Å². The van der Waals surface area contributed by atoms with Gasteiger partial charge in [0.15, 0.2) is 0 Å². The highest BCUT2D eigenvalue weighted by Crippen LogP contribution is 2.17. The molecule has 104 valence electrons. The summed E-state index contributed by atoms with van der Waals surface area (Å²) in [5.41, 5.74) is 6.92. The van der Waals surface area contributed by atoms with Gasteiger partial charge in [0, 0.05) is 37.8 Å². The van der Waals surface area contributed by atoms with Gasteiger partial charge < -0.3 is 16.0 Å². The minimum atomic E-state index is -0.373. The third kappa shape index (κ3) is 4.99. The van der Waals surface area contributed by atoms with Gasteiger partial charge in [0.2, 0.25) is 11.8 Å². The van der Waals surface area contributed by atoms with Crippen molar-refractivity contribution in [3.05, 3.63) is 24.3 Å². The predicted molar refractivity (Wildman–Crippen MR) is 77.0 cm³/mol. The minimum Gasteiger partial charge on any atom is -0.378 e. The minimum absolute atomic E-state index is 0.107.